The predicted molar refractivity (Wildman–Crippen MR) is 30.4 cm³/mol. The van der Waals surface area contributed by atoms with Crippen LogP contribution >= 0.6 is 0 Å². The lowest BCUT2D eigenvalue weighted by molar-refractivity contribution is -0.126. The minimum absolute atomic E-state index is 0.167. The van der Waals surface area contributed by atoms with Crippen LogP contribution in [0.25, 0.3) is 0 Å². The molecule has 0 aliphatic heterocycles. The first-order valence-corrected chi connectivity index (χ1v) is 2.29. The van der Waals surface area contributed by atoms with Gasteiger partial charge in [-0.3, -0.25) is 4.79 Å². The van der Waals surface area contributed by atoms with Crippen molar-refractivity contribution in [1.29, 1.82) is 0 Å². The van der Waals surface area contributed by atoms with Gasteiger partial charge in [0.2, 0.25) is 0 Å². The zero-order chi connectivity index (χ0) is 6.99. The molecule has 0 saturated heterocycles. The minimum Gasteiger partial charge on any atom is -0.471 e. The molecule has 0 fully saturated rings. The summed E-state index contributed by atoms with van der Waals surface area (Å²) in [6.07, 6.45) is -0.167. The number of carbonyl (C=O) groups excluding carboxylic acids is 1. The fourth-order valence-corrected chi connectivity index (χ4v) is 0. The number of rotatable bonds is 1. The van der Waals surface area contributed by atoms with Gasteiger partial charge >= 0.3 is 0 Å². The van der Waals surface area contributed by atoms with Crippen molar-refractivity contribution in [3.05, 3.63) is 0 Å². The fraction of sp³-hybridized carbons (Fsp3) is 0.800. The second-order valence-corrected chi connectivity index (χ2v) is 1.43. The smallest absolute Gasteiger partial charge is 0.292 e. The topological polar surface area (TPSA) is 46.5 Å². The molecule has 0 atom stereocenters. The van der Waals surface area contributed by atoms with Crippen molar-refractivity contribution in [3.63, 3.8) is 0 Å². The van der Waals surface area contributed by atoms with E-state index in [1.165, 1.54) is 7.11 Å². The Balaban J connectivity index is 0. The van der Waals surface area contributed by atoms with Crippen LogP contribution in [-0.2, 0) is 9.53 Å². The molecule has 8 heavy (non-hydrogen) atoms. The summed E-state index contributed by atoms with van der Waals surface area (Å²) in [5, 5.41) is 8.06. The molecule has 0 aromatic heterocycles. The van der Waals surface area contributed by atoms with Crippen LogP contribution in [0.15, 0.2) is 0 Å². The van der Waals surface area contributed by atoms with E-state index in [1.54, 1.807) is 13.8 Å². The highest BCUT2D eigenvalue weighted by atomic mass is 16.5. The van der Waals surface area contributed by atoms with Crippen LogP contribution in [0.2, 0.25) is 0 Å². The third-order valence-electron chi connectivity index (χ3n) is 0.0962. The van der Waals surface area contributed by atoms with E-state index in [4.69, 9.17) is 9.90 Å². The van der Waals surface area contributed by atoms with Crippen molar-refractivity contribution in [3.8, 4) is 0 Å². The van der Waals surface area contributed by atoms with Crippen LogP contribution in [0.1, 0.15) is 13.8 Å². The molecule has 3 heteroatoms. The number of carbonyl (C=O) groups is 1. The maximum absolute atomic E-state index is 8.95. The van der Waals surface area contributed by atoms with Crippen LogP contribution < -0.4 is 0 Å². The fourth-order valence-electron chi connectivity index (χ4n) is 0. The Morgan fingerprint density at radius 3 is 1.75 bits per heavy atom. The number of aliphatic hydroxyl groups excluding tert-OH is 1. The summed E-state index contributed by atoms with van der Waals surface area (Å²) in [6, 6.07) is 0. The summed E-state index contributed by atoms with van der Waals surface area (Å²) in [4.78, 5) is 8.95. The summed E-state index contributed by atoms with van der Waals surface area (Å²) in [6.45, 7) is 3.82. The molecule has 0 spiro atoms. The van der Waals surface area contributed by atoms with E-state index in [9.17, 15) is 0 Å². The number of methoxy groups -OCH3 is 1. The van der Waals surface area contributed by atoms with Crippen LogP contribution in [0, 0.1) is 0 Å². The van der Waals surface area contributed by atoms with Gasteiger partial charge in [0.05, 0.1) is 7.11 Å². The standard InChI is InChI=1S/C3H8O.C2H4O2/c1-3(2)4;1-4-2-3/h3-4H,1-2H3;2H,1H3. The molecule has 50 valence electrons. The van der Waals surface area contributed by atoms with Gasteiger partial charge in [-0.2, -0.15) is 0 Å². The Hall–Kier alpha value is -0.570. The Morgan fingerprint density at radius 2 is 1.75 bits per heavy atom. The molecule has 0 amide bonds. The molecule has 0 saturated carbocycles. The Kier molecular flexibility index (Phi) is 12.6. The van der Waals surface area contributed by atoms with Crippen LogP contribution in [0.4, 0.5) is 0 Å². The van der Waals surface area contributed by atoms with Gasteiger partial charge in [0.25, 0.3) is 6.47 Å². The van der Waals surface area contributed by atoms with E-state index in [-0.39, 0.29) is 6.10 Å². The molecular weight excluding hydrogens is 108 g/mol. The summed E-state index contributed by atoms with van der Waals surface area (Å²) in [7, 11) is 1.31. The highest BCUT2D eigenvalue weighted by Crippen LogP contribution is 1.65. The van der Waals surface area contributed by atoms with Crippen molar-refractivity contribution < 1.29 is 14.6 Å². The van der Waals surface area contributed by atoms with Crippen molar-refractivity contribution >= 4 is 6.47 Å². The van der Waals surface area contributed by atoms with E-state index in [0.717, 1.165) is 0 Å². The summed E-state index contributed by atoms with van der Waals surface area (Å²) in [5.41, 5.74) is 0. The number of aliphatic hydroxyl groups is 1. The average molecular weight is 120 g/mol. The maximum Gasteiger partial charge on any atom is 0.292 e. The van der Waals surface area contributed by atoms with Gasteiger partial charge in [0.1, 0.15) is 0 Å². The number of ether oxygens (including phenoxy) is 1. The monoisotopic (exact) mass is 120 g/mol. The largest absolute Gasteiger partial charge is 0.471 e. The van der Waals surface area contributed by atoms with E-state index < -0.39 is 0 Å². The van der Waals surface area contributed by atoms with Crippen molar-refractivity contribution in [2.75, 3.05) is 7.11 Å². The van der Waals surface area contributed by atoms with Crippen LogP contribution in [-0.4, -0.2) is 24.8 Å². The highest BCUT2D eigenvalue weighted by Gasteiger charge is 1.69. The highest BCUT2D eigenvalue weighted by molar-refractivity contribution is 5.36. The maximum atomic E-state index is 8.95. The Bertz CT molecular complexity index is 40.2. The predicted octanol–water partition coefficient (Wildman–Crippen LogP) is 0.176. The van der Waals surface area contributed by atoms with Gasteiger partial charge < -0.3 is 9.84 Å². The van der Waals surface area contributed by atoms with Gasteiger partial charge in [0, 0.05) is 6.10 Å². The van der Waals surface area contributed by atoms with Crippen molar-refractivity contribution in [2.24, 2.45) is 0 Å². The molecule has 0 aromatic carbocycles. The third kappa shape index (κ3) is 576. The number of hydrogen-bond donors (Lipinski definition) is 1. The van der Waals surface area contributed by atoms with Crippen molar-refractivity contribution in [2.45, 2.75) is 20.0 Å². The van der Waals surface area contributed by atoms with E-state index in [2.05, 4.69) is 4.74 Å². The van der Waals surface area contributed by atoms with Gasteiger partial charge in [-0.15, -0.1) is 0 Å². The number of hydrogen-bond acceptors (Lipinski definition) is 3. The first kappa shape index (κ1) is 10.4. The minimum atomic E-state index is -0.167. The molecular formula is C5H12O3. The second-order valence-electron chi connectivity index (χ2n) is 1.43. The second kappa shape index (κ2) is 9.66. The first-order valence-electron chi connectivity index (χ1n) is 2.29. The molecule has 1 N–H and O–H groups in total. The molecule has 0 aliphatic rings. The lowest BCUT2D eigenvalue weighted by Crippen LogP contribution is -1.85. The van der Waals surface area contributed by atoms with Crippen LogP contribution in [0.5, 0.6) is 0 Å². The van der Waals surface area contributed by atoms with Crippen LogP contribution in [0.3, 0.4) is 0 Å². The molecule has 0 bridgehead atoms. The molecule has 0 unspecified atom stereocenters. The SMILES string of the molecule is CC(C)O.COC=O. The Morgan fingerprint density at radius 1 is 1.62 bits per heavy atom. The normalized spacial score (nSPS) is 7.12. The molecule has 0 aliphatic carbocycles. The lowest BCUT2D eigenvalue weighted by Gasteiger charge is -1.80. The van der Waals surface area contributed by atoms with Gasteiger partial charge in [0.15, 0.2) is 0 Å². The summed E-state index contributed by atoms with van der Waals surface area (Å²) >= 11 is 0. The van der Waals surface area contributed by atoms with E-state index in [0.29, 0.717) is 6.47 Å². The van der Waals surface area contributed by atoms with Gasteiger partial charge in [-0.25, -0.2) is 0 Å². The zero-order valence-corrected chi connectivity index (χ0v) is 5.42. The zero-order valence-electron chi connectivity index (χ0n) is 5.42. The van der Waals surface area contributed by atoms with E-state index in [1.807, 2.05) is 0 Å². The third-order valence-corrected chi connectivity index (χ3v) is 0.0962. The van der Waals surface area contributed by atoms with E-state index >= 15 is 0 Å². The summed E-state index contributed by atoms with van der Waals surface area (Å²) in [5.74, 6) is 0. The van der Waals surface area contributed by atoms with Gasteiger partial charge in [-0.1, -0.05) is 0 Å². The molecule has 3 nitrogen and oxygen atoms in total. The lowest BCUT2D eigenvalue weighted by atomic mass is 10.5. The molecule has 0 heterocycles. The molecule has 0 radical (unpaired) electrons. The summed E-state index contributed by atoms with van der Waals surface area (Å²) < 4.78 is 3.86. The first-order chi connectivity index (χ1) is 3.65. The van der Waals surface area contributed by atoms with Gasteiger partial charge in [-0.05, 0) is 13.8 Å². The Labute approximate surface area is 49.3 Å². The quantitative estimate of drug-likeness (QED) is 0.502. The molecule has 0 rings (SSSR count). The molecule has 0 aromatic rings. The average Bonchev–Trinajstić information content (AvgIpc) is 1.65. The van der Waals surface area contributed by atoms with Crippen molar-refractivity contribution in [1.82, 2.24) is 0 Å².